The number of hydrogen-bond donors (Lipinski definition) is 3. The van der Waals surface area contributed by atoms with Crippen LogP contribution >= 0.6 is 22.9 Å². The highest BCUT2D eigenvalue weighted by atomic mass is 35.5. The SMILES string of the molecule is CN1CCC(NS(=O)(=O)c2ccc(Cl)s2)(/C(N)=N/O)CC1. The van der Waals surface area contributed by atoms with Crippen LogP contribution < -0.4 is 10.5 Å². The Morgan fingerprint density at radius 3 is 2.62 bits per heavy atom. The number of nitrogens with one attached hydrogen (secondary N) is 1. The third-order valence-corrected chi connectivity index (χ3v) is 6.84. The summed E-state index contributed by atoms with van der Waals surface area (Å²) in [5.41, 5.74) is 4.68. The van der Waals surface area contributed by atoms with Gasteiger partial charge in [-0.1, -0.05) is 16.8 Å². The Labute approximate surface area is 132 Å². The van der Waals surface area contributed by atoms with Crippen LogP contribution in [0.15, 0.2) is 21.5 Å². The molecule has 0 bridgehead atoms. The molecule has 1 fully saturated rings. The Bertz CT molecular complexity index is 636. The van der Waals surface area contributed by atoms with E-state index in [0.717, 1.165) is 11.3 Å². The summed E-state index contributed by atoms with van der Waals surface area (Å²) in [5, 5.41) is 12.0. The summed E-state index contributed by atoms with van der Waals surface area (Å²) in [5.74, 6) is -0.123. The first-order valence-corrected chi connectivity index (χ1v) is 8.93. The first-order chi connectivity index (χ1) is 9.79. The van der Waals surface area contributed by atoms with Gasteiger partial charge < -0.3 is 15.8 Å². The van der Waals surface area contributed by atoms with Crippen LogP contribution in [0.5, 0.6) is 0 Å². The van der Waals surface area contributed by atoms with Crippen molar-refractivity contribution in [2.24, 2.45) is 10.9 Å². The second-order valence-electron chi connectivity index (χ2n) is 5.03. The van der Waals surface area contributed by atoms with Crippen molar-refractivity contribution in [3.63, 3.8) is 0 Å². The van der Waals surface area contributed by atoms with Gasteiger partial charge >= 0.3 is 0 Å². The predicted octanol–water partition coefficient (Wildman–Crippen LogP) is 0.891. The molecule has 118 valence electrons. The lowest BCUT2D eigenvalue weighted by Crippen LogP contribution is -2.61. The summed E-state index contributed by atoms with van der Waals surface area (Å²) >= 11 is 6.75. The molecule has 1 aromatic rings. The van der Waals surface area contributed by atoms with E-state index in [1.165, 1.54) is 12.1 Å². The molecule has 1 aromatic heterocycles. The number of nitrogens with two attached hydrogens (primary N) is 1. The number of rotatable bonds is 4. The molecule has 21 heavy (non-hydrogen) atoms. The number of thiophene rings is 1. The Kier molecular flexibility index (Phi) is 4.79. The first-order valence-electron chi connectivity index (χ1n) is 6.25. The number of halogens is 1. The van der Waals surface area contributed by atoms with Crippen LogP contribution in [0.1, 0.15) is 12.8 Å². The summed E-state index contributed by atoms with van der Waals surface area (Å²) in [6.45, 7) is 1.29. The fourth-order valence-corrected chi connectivity index (χ4v) is 5.17. The number of hydrogen-bond acceptors (Lipinski definition) is 6. The van der Waals surface area contributed by atoms with Gasteiger partial charge in [-0.05, 0) is 32.0 Å². The minimum absolute atomic E-state index is 0.108. The molecule has 0 aliphatic carbocycles. The molecule has 0 spiro atoms. The number of likely N-dealkylation sites (tertiary alicyclic amines) is 1. The third kappa shape index (κ3) is 3.49. The monoisotopic (exact) mass is 352 g/mol. The molecule has 7 nitrogen and oxygen atoms in total. The maximum Gasteiger partial charge on any atom is 0.251 e. The molecule has 1 aliphatic heterocycles. The van der Waals surface area contributed by atoms with Crippen molar-refractivity contribution in [2.45, 2.75) is 22.6 Å². The number of piperidine rings is 1. The van der Waals surface area contributed by atoms with Crippen molar-refractivity contribution in [1.29, 1.82) is 0 Å². The molecule has 1 aliphatic rings. The molecule has 0 atom stereocenters. The lowest BCUT2D eigenvalue weighted by atomic mass is 9.88. The number of nitrogens with zero attached hydrogens (tertiary/aromatic N) is 2. The summed E-state index contributed by atoms with van der Waals surface area (Å²) in [6, 6.07) is 2.95. The normalized spacial score (nSPS) is 20.6. The smallest absolute Gasteiger partial charge is 0.251 e. The van der Waals surface area contributed by atoms with E-state index in [0.29, 0.717) is 30.3 Å². The standard InChI is InChI=1S/C11H17ClN4O3S2/c1-16-6-4-11(5-7-16,10(13)14-17)15-21(18,19)9-3-2-8(12)20-9/h2-3,15,17H,4-7H2,1H3,(H2,13,14). The molecule has 2 heterocycles. The highest BCUT2D eigenvalue weighted by Gasteiger charge is 2.42. The van der Waals surface area contributed by atoms with Crippen molar-refractivity contribution in [3.05, 3.63) is 16.5 Å². The predicted molar refractivity (Wildman–Crippen MR) is 82.5 cm³/mol. The van der Waals surface area contributed by atoms with Crippen molar-refractivity contribution in [3.8, 4) is 0 Å². The Morgan fingerprint density at radius 1 is 1.52 bits per heavy atom. The van der Waals surface area contributed by atoms with Gasteiger partial charge in [-0.3, -0.25) is 0 Å². The largest absolute Gasteiger partial charge is 0.409 e. The lowest BCUT2D eigenvalue weighted by Gasteiger charge is -2.39. The molecule has 0 amide bonds. The fourth-order valence-electron chi connectivity index (χ4n) is 2.26. The van der Waals surface area contributed by atoms with Gasteiger partial charge in [0.25, 0.3) is 10.0 Å². The second-order valence-corrected chi connectivity index (χ2v) is 8.66. The van der Waals surface area contributed by atoms with E-state index in [1.807, 2.05) is 7.05 Å². The van der Waals surface area contributed by atoms with E-state index in [2.05, 4.69) is 14.8 Å². The summed E-state index contributed by atoms with van der Waals surface area (Å²) in [7, 11) is -1.84. The van der Waals surface area contributed by atoms with Gasteiger partial charge in [0.1, 0.15) is 4.21 Å². The molecular weight excluding hydrogens is 336 g/mol. The van der Waals surface area contributed by atoms with Gasteiger partial charge in [-0.15, -0.1) is 11.3 Å². The molecule has 0 saturated carbocycles. The van der Waals surface area contributed by atoms with E-state index in [1.54, 1.807) is 0 Å². The molecule has 0 radical (unpaired) electrons. The quantitative estimate of drug-likeness (QED) is 0.323. The van der Waals surface area contributed by atoms with E-state index in [-0.39, 0.29) is 10.0 Å². The van der Waals surface area contributed by atoms with Gasteiger partial charge in [-0.25, -0.2) is 8.42 Å². The molecule has 0 aromatic carbocycles. The maximum absolute atomic E-state index is 12.5. The molecule has 10 heteroatoms. The van der Waals surface area contributed by atoms with Crippen LogP contribution in [0, 0.1) is 0 Å². The maximum atomic E-state index is 12.5. The lowest BCUT2D eigenvalue weighted by molar-refractivity contribution is 0.213. The minimum Gasteiger partial charge on any atom is -0.409 e. The molecular formula is C11H17ClN4O3S2. The van der Waals surface area contributed by atoms with Gasteiger partial charge in [-0.2, -0.15) is 4.72 Å². The van der Waals surface area contributed by atoms with Crippen LogP contribution in [0.4, 0.5) is 0 Å². The van der Waals surface area contributed by atoms with Crippen LogP contribution in [0.25, 0.3) is 0 Å². The van der Waals surface area contributed by atoms with E-state index in [9.17, 15) is 8.42 Å². The Balaban J connectivity index is 2.31. The van der Waals surface area contributed by atoms with Crippen molar-refractivity contribution < 1.29 is 13.6 Å². The zero-order chi connectivity index (χ0) is 15.7. The summed E-state index contributed by atoms with van der Waals surface area (Å²) < 4.78 is 28.0. The Hall–Kier alpha value is -0.870. The minimum atomic E-state index is -3.78. The van der Waals surface area contributed by atoms with Crippen LogP contribution in [-0.4, -0.2) is 50.0 Å². The van der Waals surface area contributed by atoms with Gasteiger partial charge in [0, 0.05) is 13.1 Å². The third-order valence-electron chi connectivity index (χ3n) is 3.58. The summed E-state index contributed by atoms with van der Waals surface area (Å²) in [4.78, 5) is 2.05. The molecule has 1 saturated heterocycles. The number of oxime groups is 1. The topological polar surface area (TPSA) is 108 Å². The van der Waals surface area contributed by atoms with E-state index >= 15 is 0 Å². The van der Waals surface area contributed by atoms with Crippen molar-refractivity contribution in [1.82, 2.24) is 9.62 Å². The average Bonchev–Trinajstić information content (AvgIpc) is 2.88. The van der Waals surface area contributed by atoms with Crippen LogP contribution in [0.3, 0.4) is 0 Å². The van der Waals surface area contributed by atoms with Crippen molar-refractivity contribution >= 4 is 38.8 Å². The van der Waals surface area contributed by atoms with Gasteiger partial charge in [0.2, 0.25) is 0 Å². The van der Waals surface area contributed by atoms with Gasteiger partial charge in [0.15, 0.2) is 5.84 Å². The fraction of sp³-hybridized carbons (Fsp3) is 0.545. The van der Waals surface area contributed by atoms with Crippen molar-refractivity contribution in [2.75, 3.05) is 20.1 Å². The molecule has 4 N–H and O–H groups in total. The zero-order valence-electron chi connectivity index (χ0n) is 11.4. The average molecular weight is 353 g/mol. The Morgan fingerprint density at radius 2 is 2.14 bits per heavy atom. The van der Waals surface area contributed by atoms with E-state index in [4.69, 9.17) is 22.5 Å². The highest BCUT2D eigenvalue weighted by molar-refractivity contribution is 7.91. The zero-order valence-corrected chi connectivity index (χ0v) is 13.8. The van der Waals surface area contributed by atoms with E-state index < -0.39 is 15.6 Å². The van der Waals surface area contributed by atoms with Crippen LogP contribution in [-0.2, 0) is 10.0 Å². The first kappa shape index (κ1) is 16.5. The second kappa shape index (κ2) is 6.09. The molecule has 2 rings (SSSR count). The highest BCUT2D eigenvalue weighted by Crippen LogP contribution is 2.29. The summed E-state index contributed by atoms with van der Waals surface area (Å²) in [6.07, 6.45) is 0.857. The van der Waals surface area contributed by atoms with Crippen LogP contribution in [0.2, 0.25) is 4.34 Å². The number of amidine groups is 1. The molecule has 0 unspecified atom stereocenters. The van der Waals surface area contributed by atoms with Gasteiger partial charge in [0.05, 0.1) is 9.88 Å². The number of sulfonamides is 1.